The zero-order chi connectivity index (χ0) is 35.1. The molecule has 3 amide bonds. The first-order valence-electron chi connectivity index (χ1n) is 16.3. The quantitative estimate of drug-likeness (QED) is 0.289. The molecular weight excluding hydrogens is 614 g/mol. The molecule has 13 heteroatoms. The summed E-state index contributed by atoms with van der Waals surface area (Å²) in [6, 6.07) is 9.65. The number of ether oxygens (including phenoxy) is 3. The minimum atomic E-state index is -0.955. The maximum absolute atomic E-state index is 13.6. The second kappa shape index (κ2) is 12.7. The van der Waals surface area contributed by atoms with Crippen LogP contribution in [0.15, 0.2) is 42.7 Å². The summed E-state index contributed by atoms with van der Waals surface area (Å²) in [6.45, 7) is 18.4. The largest absolute Gasteiger partial charge is 0.444 e. The maximum Gasteiger partial charge on any atom is 0.425 e. The number of imidazole rings is 1. The van der Waals surface area contributed by atoms with Crippen molar-refractivity contribution in [2.24, 2.45) is 5.41 Å². The van der Waals surface area contributed by atoms with Crippen molar-refractivity contribution in [1.82, 2.24) is 24.8 Å². The molecule has 258 valence electrons. The summed E-state index contributed by atoms with van der Waals surface area (Å²) >= 11 is 0. The van der Waals surface area contributed by atoms with E-state index in [1.54, 1.807) is 58.8 Å². The third-order valence-electron chi connectivity index (χ3n) is 7.84. The zero-order valence-corrected chi connectivity index (χ0v) is 29.4. The van der Waals surface area contributed by atoms with Gasteiger partial charge in [-0.1, -0.05) is 30.3 Å². The van der Waals surface area contributed by atoms with Gasteiger partial charge in [-0.2, -0.15) is 4.90 Å². The molecule has 0 radical (unpaired) electrons. The van der Waals surface area contributed by atoms with E-state index in [0.29, 0.717) is 37.8 Å². The molecule has 2 aliphatic rings. The molecule has 1 atom stereocenters. The van der Waals surface area contributed by atoms with Gasteiger partial charge in [-0.05, 0) is 80.7 Å². The topological polar surface area (TPSA) is 143 Å². The highest BCUT2D eigenvalue weighted by Gasteiger charge is 2.46. The Morgan fingerprint density at radius 1 is 0.792 bits per heavy atom. The van der Waals surface area contributed by atoms with Gasteiger partial charge in [0.2, 0.25) is 0 Å². The highest BCUT2D eigenvalue weighted by atomic mass is 16.6. The Labute approximate surface area is 282 Å². The van der Waals surface area contributed by atoms with Gasteiger partial charge in [-0.15, -0.1) is 0 Å². The van der Waals surface area contributed by atoms with Crippen molar-refractivity contribution in [3.63, 3.8) is 0 Å². The average Bonchev–Trinajstić information content (AvgIpc) is 3.72. The lowest BCUT2D eigenvalue weighted by molar-refractivity contribution is 0.0274. The predicted molar refractivity (Wildman–Crippen MR) is 182 cm³/mol. The van der Waals surface area contributed by atoms with Crippen LogP contribution < -0.4 is 9.80 Å². The van der Waals surface area contributed by atoms with Crippen LogP contribution in [0.25, 0.3) is 22.8 Å². The van der Waals surface area contributed by atoms with Crippen molar-refractivity contribution in [3.05, 3.63) is 42.7 Å². The van der Waals surface area contributed by atoms with Gasteiger partial charge >= 0.3 is 18.3 Å². The Balaban J connectivity index is 1.52. The van der Waals surface area contributed by atoms with Gasteiger partial charge in [0.25, 0.3) is 0 Å². The number of H-pyrrole nitrogens is 1. The Hall–Kier alpha value is -4.68. The Bertz CT molecular complexity index is 1630. The maximum atomic E-state index is 13.6. The van der Waals surface area contributed by atoms with Crippen molar-refractivity contribution in [2.45, 2.75) is 92.0 Å². The van der Waals surface area contributed by atoms with Gasteiger partial charge in [-0.25, -0.2) is 29.3 Å². The van der Waals surface area contributed by atoms with E-state index >= 15 is 0 Å². The SMILES string of the molecule is CC(C)(C)OC(=O)N1CCC2(CCN(c3cnc(N(C(=O)OC(C)(C)C)C(=O)OC(C)(C)C)c(-c4ncc(-c5ccccc5)[nH]4)n3)C2)C1. The summed E-state index contributed by atoms with van der Waals surface area (Å²) in [5, 5.41) is 0. The van der Waals surface area contributed by atoms with Crippen LogP contribution in [-0.4, -0.2) is 86.1 Å². The van der Waals surface area contributed by atoms with E-state index in [4.69, 9.17) is 19.2 Å². The second-order valence-corrected chi connectivity index (χ2v) is 15.5. The number of hydrogen-bond donors (Lipinski definition) is 1. The number of hydrogen-bond acceptors (Lipinski definition) is 10. The first-order valence-corrected chi connectivity index (χ1v) is 16.3. The number of aromatic nitrogens is 4. The van der Waals surface area contributed by atoms with Crippen LogP contribution in [0.2, 0.25) is 0 Å². The number of rotatable bonds is 4. The van der Waals surface area contributed by atoms with Crippen LogP contribution in [0, 0.1) is 5.41 Å². The minimum absolute atomic E-state index is 0.0814. The monoisotopic (exact) mass is 661 g/mol. The number of likely N-dealkylation sites (tertiary alicyclic amines) is 1. The summed E-state index contributed by atoms with van der Waals surface area (Å²) in [5.41, 5.74) is -0.714. The van der Waals surface area contributed by atoms with E-state index in [1.807, 2.05) is 51.1 Å². The van der Waals surface area contributed by atoms with E-state index in [-0.39, 0.29) is 23.0 Å². The predicted octanol–water partition coefficient (Wildman–Crippen LogP) is 7.05. The van der Waals surface area contributed by atoms with Crippen molar-refractivity contribution >= 4 is 29.9 Å². The molecule has 2 aromatic heterocycles. The summed E-state index contributed by atoms with van der Waals surface area (Å²) in [7, 11) is 0. The molecule has 1 N–H and O–H groups in total. The number of anilines is 2. The van der Waals surface area contributed by atoms with Gasteiger partial charge in [0.05, 0.1) is 18.1 Å². The molecule has 0 aliphatic carbocycles. The second-order valence-electron chi connectivity index (χ2n) is 15.5. The van der Waals surface area contributed by atoms with Gasteiger partial charge in [-0.3, -0.25) is 0 Å². The summed E-state index contributed by atoms with van der Waals surface area (Å²) < 4.78 is 16.9. The molecule has 3 aromatic rings. The number of carbonyl (C=O) groups excluding carboxylic acids is 3. The molecule has 0 bridgehead atoms. The molecule has 1 aromatic carbocycles. The molecule has 2 saturated heterocycles. The van der Waals surface area contributed by atoms with Gasteiger partial charge in [0, 0.05) is 31.6 Å². The van der Waals surface area contributed by atoms with Crippen molar-refractivity contribution in [3.8, 4) is 22.8 Å². The highest BCUT2D eigenvalue weighted by molar-refractivity contribution is 6.10. The van der Waals surface area contributed by atoms with E-state index in [0.717, 1.165) is 29.0 Å². The lowest BCUT2D eigenvalue weighted by Crippen LogP contribution is -2.44. The van der Waals surface area contributed by atoms with Crippen molar-refractivity contribution in [2.75, 3.05) is 36.0 Å². The molecule has 1 spiro atoms. The van der Waals surface area contributed by atoms with E-state index in [2.05, 4.69) is 19.9 Å². The molecule has 2 fully saturated rings. The van der Waals surface area contributed by atoms with Gasteiger partial charge in [0.15, 0.2) is 17.3 Å². The normalized spacial score (nSPS) is 18.3. The van der Waals surface area contributed by atoms with Crippen LogP contribution >= 0.6 is 0 Å². The van der Waals surface area contributed by atoms with Crippen LogP contribution in [0.3, 0.4) is 0 Å². The van der Waals surface area contributed by atoms with Crippen molar-refractivity contribution < 1.29 is 28.6 Å². The lowest BCUT2D eigenvalue weighted by atomic mass is 9.86. The van der Waals surface area contributed by atoms with Gasteiger partial charge < -0.3 is 29.0 Å². The zero-order valence-electron chi connectivity index (χ0n) is 29.4. The third kappa shape index (κ3) is 8.23. The van der Waals surface area contributed by atoms with Crippen LogP contribution in [0.5, 0.6) is 0 Å². The van der Waals surface area contributed by atoms with Crippen molar-refractivity contribution in [1.29, 1.82) is 0 Å². The number of aromatic amines is 1. The fourth-order valence-electron chi connectivity index (χ4n) is 5.80. The summed E-state index contributed by atoms with van der Waals surface area (Å²) in [4.78, 5) is 62.3. The Kier molecular flexibility index (Phi) is 9.19. The molecule has 4 heterocycles. The first kappa shape index (κ1) is 34.6. The summed E-state index contributed by atoms with van der Waals surface area (Å²) in [5.74, 6) is 0.774. The number of nitrogens with one attached hydrogen (secondary N) is 1. The summed E-state index contributed by atoms with van der Waals surface area (Å²) in [6.07, 6.45) is 2.69. The first-order chi connectivity index (χ1) is 22.3. The number of imide groups is 1. The van der Waals surface area contributed by atoms with Gasteiger partial charge in [0.1, 0.15) is 22.6 Å². The van der Waals surface area contributed by atoms with E-state index in [9.17, 15) is 14.4 Å². The Morgan fingerprint density at radius 3 is 2.00 bits per heavy atom. The smallest absolute Gasteiger partial charge is 0.425 e. The molecular formula is C35H47N7O6. The third-order valence-corrected chi connectivity index (χ3v) is 7.84. The number of carbonyl (C=O) groups is 3. The van der Waals surface area contributed by atoms with E-state index < -0.39 is 29.0 Å². The molecule has 2 aliphatic heterocycles. The highest BCUT2D eigenvalue weighted by Crippen LogP contribution is 2.42. The fourth-order valence-corrected chi connectivity index (χ4v) is 5.80. The number of amides is 3. The molecule has 13 nitrogen and oxygen atoms in total. The molecule has 0 saturated carbocycles. The number of benzene rings is 1. The average molecular weight is 662 g/mol. The fraction of sp³-hybridized carbons (Fsp3) is 0.543. The standard InChI is InChI=1S/C35H47N7O6/c1-32(2,3)46-29(43)41-18-16-35(22-41)15-17-40(21-35)25-20-37-28(42(30(44)47-33(4,5)6)31(45)48-34(7,8)9)26(39-25)27-36-19-24(38-27)23-13-11-10-12-14-23/h10-14,19-20H,15-18,21-22H2,1-9H3,(H,36,38). The van der Waals surface area contributed by atoms with Crippen LogP contribution in [-0.2, 0) is 14.2 Å². The molecule has 5 rings (SSSR count). The van der Waals surface area contributed by atoms with E-state index in [1.165, 1.54) is 0 Å². The molecule has 1 unspecified atom stereocenters. The van der Waals surface area contributed by atoms with Crippen LogP contribution in [0.1, 0.15) is 75.2 Å². The minimum Gasteiger partial charge on any atom is -0.444 e. The Morgan fingerprint density at radius 2 is 1.40 bits per heavy atom. The molecule has 48 heavy (non-hydrogen) atoms. The number of nitrogens with zero attached hydrogens (tertiary/aromatic N) is 6. The van der Waals surface area contributed by atoms with Crippen LogP contribution in [0.4, 0.5) is 26.0 Å². The lowest BCUT2D eigenvalue weighted by Gasteiger charge is -2.29.